The van der Waals surface area contributed by atoms with E-state index >= 15 is 0 Å². The number of methoxy groups -OCH3 is 1. The number of carbonyl (C=O) groups excluding carboxylic acids is 2. The maximum atomic E-state index is 13.4. The number of carboxylic acid groups (broad SMARTS) is 1. The van der Waals surface area contributed by atoms with Crippen LogP contribution in [0.3, 0.4) is 0 Å². The molecule has 9 heteroatoms. The summed E-state index contributed by atoms with van der Waals surface area (Å²) in [6.45, 7) is 2.06. The highest BCUT2D eigenvalue weighted by Gasteiger charge is 2.40. The molecule has 0 spiro atoms. The summed E-state index contributed by atoms with van der Waals surface area (Å²) in [6.07, 6.45) is 0.00664. The van der Waals surface area contributed by atoms with Crippen LogP contribution in [0.15, 0.2) is 78.9 Å². The largest absolute Gasteiger partial charge is 0.481 e. The molecule has 42 heavy (non-hydrogen) atoms. The van der Waals surface area contributed by atoms with Gasteiger partial charge in [0.05, 0.1) is 18.6 Å². The Morgan fingerprint density at radius 3 is 2.12 bits per heavy atom. The molecule has 1 fully saturated rings. The Bertz CT molecular complexity index is 1360. The number of carbonyl (C=O) groups is 3. The molecule has 1 atom stereocenters. The van der Waals surface area contributed by atoms with E-state index in [2.05, 4.69) is 39.8 Å². The van der Waals surface area contributed by atoms with Crippen molar-refractivity contribution in [2.75, 3.05) is 33.4 Å². The molecule has 3 aromatic rings. The Labute approximate surface area is 245 Å². The van der Waals surface area contributed by atoms with Gasteiger partial charge in [0, 0.05) is 32.7 Å². The molecule has 3 aromatic carbocycles. The average molecular weight is 572 g/mol. The van der Waals surface area contributed by atoms with Crippen molar-refractivity contribution in [3.63, 3.8) is 0 Å². The van der Waals surface area contributed by atoms with Crippen LogP contribution in [0.25, 0.3) is 11.1 Å². The van der Waals surface area contributed by atoms with Gasteiger partial charge in [0.1, 0.15) is 12.6 Å². The number of fused-ring (bicyclic) bond motifs is 3. The predicted molar refractivity (Wildman–Crippen MR) is 158 cm³/mol. The number of benzene rings is 3. The number of nitrogens with zero attached hydrogens (tertiary/aromatic N) is 1. The summed E-state index contributed by atoms with van der Waals surface area (Å²) in [6, 6.07) is 25.2. The number of nitrogens with one attached hydrogen (secondary N) is 2. The second-order valence-electron chi connectivity index (χ2n) is 11.1. The number of carboxylic acids is 1. The lowest BCUT2D eigenvalue weighted by molar-refractivity contribution is -0.140. The Morgan fingerprint density at radius 2 is 1.52 bits per heavy atom. The van der Waals surface area contributed by atoms with Gasteiger partial charge in [0.15, 0.2) is 0 Å². The topological polar surface area (TPSA) is 117 Å². The molecule has 0 saturated carbocycles. The van der Waals surface area contributed by atoms with Gasteiger partial charge in [0.2, 0.25) is 5.91 Å². The minimum atomic E-state index is -1.04. The minimum absolute atomic E-state index is 0.0840. The summed E-state index contributed by atoms with van der Waals surface area (Å²) in [4.78, 5) is 40.4. The highest BCUT2D eigenvalue weighted by molar-refractivity contribution is 5.87. The molecule has 2 aliphatic rings. The lowest BCUT2D eigenvalue weighted by Crippen LogP contribution is -2.60. The Morgan fingerprint density at radius 1 is 0.929 bits per heavy atom. The SMILES string of the molecule is COCC(NC(=O)OCC1c2ccccc2-c2ccccc21)C(=O)NC1(CC(=O)O)CCN(Cc2ccccc2)CC1. The number of likely N-dealkylation sites (tertiary alicyclic amines) is 1. The number of hydrogen-bond acceptors (Lipinski definition) is 6. The van der Waals surface area contributed by atoms with Crippen molar-refractivity contribution in [3.8, 4) is 11.1 Å². The molecule has 5 rings (SSSR count). The van der Waals surface area contributed by atoms with Crippen molar-refractivity contribution in [3.05, 3.63) is 95.6 Å². The molecule has 0 bridgehead atoms. The van der Waals surface area contributed by atoms with Crippen LogP contribution in [0.1, 0.15) is 41.9 Å². The van der Waals surface area contributed by atoms with Gasteiger partial charge < -0.3 is 25.2 Å². The quantitative estimate of drug-likeness (QED) is 0.316. The fraction of sp³-hybridized carbons (Fsp3) is 0.364. The Balaban J connectivity index is 1.20. The van der Waals surface area contributed by atoms with Gasteiger partial charge in [-0.15, -0.1) is 0 Å². The van der Waals surface area contributed by atoms with E-state index in [0.717, 1.165) is 28.8 Å². The third-order valence-electron chi connectivity index (χ3n) is 8.23. The van der Waals surface area contributed by atoms with Crippen LogP contribution < -0.4 is 10.6 Å². The third-order valence-corrected chi connectivity index (χ3v) is 8.23. The van der Waals surface area contributed by atoms with Crippen molar-refractivity contribution in [2.45, 2.75) is 43.3 Å². The van der Waals surface area contributed by atoms with Crippen LogP contribution in [0.2, 0.25) is 0 Å². The van der Waals surface area contributed by atoms with E-state index in [1.54, 1.807) is 0 Å². The van der Waals surface area contributed by atoms with E-state index in [1.165, 1.54) is 12.7 Å². The van der Waals surface area contributed by atoms with Gasteiger partial charge >= 0.3 is 12.1 Å². The van der Waals surface area contributed by atoms with E-state index in [-0.39, 0.29) is 25.6 Å². The minimum Gasteiger partial charge on any atom is -0.481 e. The average Bonchev–Trinajstić information content (AvgIpc) is 3.31. The van der Waals surface area contributed by atoms with E-state index in [1.807, 2.05) is 54.6 Å². The molecular formula is C33H37N3O6. The zero-order chi connectivity index (χ0) is 29.5. The summed E-state index contributed by atoms with van der Waals surface area (Å²) < 4.78 is 10.9. The maximum Gasteiger partial charge on any atom is 0.407 e. The van der Waals surface area contributed by atoms with Crippen molar-refractivity contribution in [1.29, 1.82) is 0 Å². The number of amides is 2. The van der Waals surface area contributed by atoms with Gasteiger partial charge in [-0.3, -0.25) is 14.5 Å². The van der Waals surface area contributed by atoms with Gasteiger partial charge in [-0.2, -0.15) is 0 Å². The molecular weight excluding hydrogens is 534 g/mol. The summed E-state index contributed by atoms with van der Waals surface area (Å²) in [5.41, 5.74) is 4.68. The van der Waals surface area contributed by atoms with Crippen LogP contribution in [0.5, 0.6) is 0 Å². The molecule has 1 saturated heterocycles. The first-order valence-electron chi connectivity index (χ1n) is 14.3. The van der Waals surface area contributed by atoms with Gasteiger partial charge in [-0.25, -0.2) is 4.79 Å². The van der Waals surface area contributed by atoms with Crippen LogP contribution in [-0.4, -0.2) is 73.0 Å². The van der Waals surface area contributed by atoms with Crippen LogP contribution in [0, 0.1) is 0 Å². The Hall–Kier alpha value is -4.21. The molecule has 220 valence electrons. The van der Waals surface area contributed by atoms with E-state index < -0.39 is 29.6 Å². The molecule has 1 aliphatic heterocycles. The summed E-state index contributed by atoms with van der Waals surface area (Å²) in [5, 5.41) is 15.3. The normalized spacial score (nSPS) is 16.6. The highest BCUT2D eigenvalue weighted by Crippen LogP contribution is 2.44. The molecule has 3 N–H and O–H groups in total. The summed E-state index contributed by atoms with van der Waals surface area (Å²) >= 11 is 0. The number of alkyl carbamates (subject to hydrolysis) is 1. The molecule has 0 aromatic heterocycles. The van der Waals surface area contributed by atoms with Crippen LogP contribution in [0.4, 0.5) is 4.79 Å². The second kappa shape index (κ2) is 13.2. The molecule has 0 radical (unpaired) electrons. The first-order chi connectivity index (χ1) is 20.4. The molecule has 1 unspecified atom stereocenters. The molecule has 1 heterocycles. The maximum absolute atomic E-state index is 13.4. The lowest BCUT2D eigenvalue weighted by Gasteiger charge is -2.42. The lowest BCUT2D eigenvalue weighted by atomic mass is 9.83. The van der Waals surface area contributed by atoms with Crippen LogP contribution >= 0.6 is 0 Å². The fourth-order valence-electron chi connectivity index (χ4n) is 6.10. The number of rotatable bonds is 11. The van der Waals surface area contributed by atoms with Gasteiger partial charge in [-0.1, -0.05) is 78.9 Å². The van der Waals surface area contributed by atoms with Crippen molar-refractivity contribution in [1.82, 2.24) is 15.5 Å². The highest BCUT2D eigenvalue weighted by atomic mass is 16.5. The zero-order valence-corrected chi connectivity index (χ0v) is 23.8. The van der Waals surface area contributed by atoms with Gasteiger partial charge in [0.25, 0.3) is 0 Å². The third kappa shape index (κ3) is 6.80. The smallest absolute Gasteiger partial charge is 0.407 e. The summed E-state index contributed by atoms with van der Waals surface area (Å²) in [7, 11) is 1.44. The van der Waals surface area contributed by atoms with Crippen molar-refractivity contribution in [2.24, 2.45) is 0 Å². The van der Waals surface area contributed by atoms with Gasteiger partial charge in [-0.05, 0) is 40.7 Å². The van der Waals surface area contributed by atoms with Crippen molar-refractivity contribution >= 4 is 18.0 Å². The van der Waals surface area contributed by atoms with Crippen molar-refractivity contribution < 1.29 is 29.0 Å². The standard InChI is InChI=1S/C33H37N3O6/c1-41-22-29(34-32(40)42-21-28-26-13-7-5-11-24(26)25-12-6-8-14-27(25)28)31(39)35-33(19-30(37)38)15-17-36(18-16-33)20-23-9-3-2-4-10-23/h2-14,28-29H,15-22H2,1H3,(H,34,40)(H,35,39)(H,37,38). The van der Waals surface area contributed by atoms with E-state index in [4.69, 9.17) is 9.47 Å². The van der Waals surface area contributed by atoms with E-state index in [9.17, 15) is 19.5 Å². The first kappa shape index (κ1) is 29.3. The molecule has 2 amide bonds. The van der Waals surface area contributed by atoms with Crippen LogP contribution in [-0.2, 0) is 25.6 Å². The molecule has 1 aliphatic carbocycles. The fourth-order valence-corrected chi connectivity index (χ4v) is 6.10. The number of aliphatic carboxylic acids is 1. The second-order valence-corrected chi connectivity index (χ2v) is 11.1. The number of piperidine rings is 1. The molecule has 9 nitrogen and oxygen atoms in total. The number of hydrogen-bond donors (Lipinski definition) is 3. The number of ether oxygens (including phenoxy) is 2. The predicted octanol–water partition coefficient (Wildman–Crippen LogP) is 4.17. The summed E-state index contributed by atoms with van der Waals surface area (Å²) in [5.74, 6) is -1.60. The zero-order valence-electron chi connectivity index (χ0n) is 23.8. The van der Waals surface area contributed by atoms with E-state index in [0.29, 0.717) is 25.9 Å². The Kier molecular flexibility index (Phi) is 9.19. The first-order valence-corrected chi connectivity index (χ1v) is 14.3. The monoisotopic (exact) mass is 571 g/mol.